The number of amides is 1. The molecule has 1 N–H and O–H groups in total. The molecule has 0 aliphatic carbocycles. The molecule has 0 saturated heterocycles. The number of anilines is 1. The predicted octanol–water partition coefficient (Wildman–Crippen LogP) is 4.11. The van der Waals surface area contributed by atoms with E-state index in [9.17, 15) is 9.18 Å². The molecule has 2 aromatic rings. The quantitative estimate of drug-likeness (QED) is 0.510. The minimum Gasteiger partial charge on any atom is -0.379 e. The molecule has 0 saturated carbocycles. The van der Waals surface area contributed by atoms with Gasteiger partial charge in [0, 0.05) is 17.2 Å². The minimum atomic E-state index is -0.283. The largest absolute Gasteiger partial charge is 0.379 e. The van der Waals surface area contributed by atoms with Crippen molar-refractivity contribution in [1.29, 1.82) is 0 Å². The van der Waals surface area contributed by atoms with E-state index in [0.29, 0.717) is 26.4 Å². The van der Waals surface area contributed by atoms with Gasteiger partial charge >= 0.3 is 0 Å². The molecule has 0 unspecified atom stereocenters. The first-order valence-electron chi connectivity index (χ1n) is 8.10. The molecule has 0 aliphatic rings. The van der Waals surface area contributed by atoms with Crippen molar-refractivity contribution in [2.75, 3.05) is 30.9 Å². The van der Waals surface area contributed by atoms with Crippen molar-refractivity contribution in [3.63, 3.8) is 0 Å². The van der Waals surface area contributed by atoms with Gasteiger partial charge in [0.1, 0.15) is 5.82 Å². The molecule has 0 fully saturated rings. The highest BCUT2D eigenvalue weighted by Gasteiger charge is 2.05. The first kappa shape index (κ1) is 19.4. The zero-order chi connectivity index (χ0) is 17.9. The summed E-state index contributed by atoms with van der Waals surface area (Å²) in [4.78, 5) is 12.9. The van der Waals surface area contributed by atoms with E-state index in [0.717, 1.165) is 16.1 Å². The van der Waals surface area contributed by atoms with E-state index in [1.54, 1.807) is 12.1 Å². The van der Waals surface area contributed by atoms with Crippen molar-refractivity contribution in [2.45, 2.75) is 18.4 Å². The van der Waals surface area contributed by atoms with Crippen LogP contribution in [0.15, 0.2) is 53.4 Å². The van der Waals surface area contributed by atoms with Gasteiger partial charge in [-0.05, 0) is 48.9 Å². The molecule has 0 aromatic heterocycles. The van der Waals surface area contributed by atoms with Gasteiger partial charge < -0.3 is 14.8 Å². The van der Waals surface area contributed by atoms with E-state index < -0.39 is 0 Å². The van der Waals surface area contributed by atoms with Crippen molar-refractivity contribution in [1.82, 2.24) is 0 Å². The monoisotopic (exact) mass is 363 g/mol. The number of thioether (sulfide) groups is 1. The molecule has 2 aromatic carbocycles. The topological polar surface area (TPSA) is 47.6 Å². The van der Waals surface area contributed by atoms with Gasteiger partial charge in [-0.15, -0.1) is 11.8 Å². The van der Waals surface area contributed by atoms with Crippen LogP contribution < -0.4 is 5.32 Å². The number of benzene rings is 2. The first-order chi connectivity index (χ1) is 12.2. The highest BCUT2D eigenvalue weighted by molar-refractivity contribution is 8.00. The van der Waals surface area contributed by atoms with Gasteiger partial charge in [-0.3, -0.25) is 4.79 Å². The lowest BCUT2D eigenvalue weighted by atomic mass is 10.2. The number of nitrogens with one attached hydrogen (secondary N) is 1. The summed E-state index contributed by atoms with van der Waals surface area (Å²) in [6, 6.07) is 13.6. The average molecular weight is 363 g/mol. The Labute approximate surface area is 151 Å². The Kier molecular flexibility index (Phi) is 8.45. The smallest absolute Gasteiger partial charge is 0.234 e. The molecular formula is C19H22FNO3S. The summed E-state index contributed by atoms with van der Waals surface area (Å²) in [6.07, 6.45) is 0. The molecule has 0 heterocycles. The van der Waals surface area contributed by atoms with Gasteiger partial charge in [0.15, 0.2) is 0 Å². The highest BCUT2D eigenvalue weighted by Crippen LogP contribution is 2.19. The van der Waals surface area contributed by atoms with Crippen LogP contribution in [0.4, 0.5) is 10.1 Å². The van der Waals surface area contributed by atoms with Crippen LogP contribution >= 0.6 is 11.8 Å². The van der Waals surface area contributed by atoms with Crippen LogP contribution in [-0.2, 0) is 20.9 Å². The molecule has 2 rings (SSSR count). The normalized spacial score (nSPS) is 10.6. The van der Waals surface area contributed by atoms with Gasteiger partial charge in [0.25, 0.3) is 0 Å². The fourth-order valence-corrected chi connectivity index (χ4v) is 2.77. The lowest BCUT2D eigenvalue weighted by molar-refractivity contribution is -0.113. The lowest BCUT2D eigenvalue weighted by Crippen LogP contribution is -2.14. The zero-order valence-corrected chi connectivity index (χ0v) is 15.0. The fraction of sp³-hybridized carbons (Fsp3) is 0.316. The van der Waals surface area contributed by atoms with Gasteiger partial charge in [-0.25, -0.2) is 4.39 Å². The molecule has 0 aliphatic heterocycles. The van der Waals surface area contributed by atoms with Gasteiger partial charge in [-0.1, -0.05) is 12.1 Å². The summed E-state index contributed by atoms with van der Waals surface area (Å²) in [6.45, 7) is 4.22. The van der Waals surface area contributed by atoms with Gasteiger partial charge in [0.05, 0.1) is 25.6 Å². The lowest BCUT2D eigenvalue weighted by Gasteiger charge is -2.08. The Morgan fingerprint density at radius 3 is 2.64 bits per heavy atom. The van der Waals surface area contributed by atoms with Crippen LogP contribution in [0, 0.1) is 5.82 Å². The second-order valence-corrected chi connectivity index (χ2v) is 6.29. The Bertz CT molecular complexity index is 664. The van der Waals surface area contributed by atoms with Crippen LogP contribution in [0.2, 0.25) is 0 Å². The Balaban J connectivity index is 1.76. The van der Waals surface area contributed by atoms with Gasteiger partial charge in [0.2, 0.25) is 5.91 Å². The highest BCUT2D eigenvalue weighted by atomic mass is 32.2. The Hall–Kier alpha value is -1.89. The van der Waals surface area contributed by atoms with E-state index >= 15 is 0 Å². The maximum Gasteiger partial charge on any atom is 0.234 e. The molecular weight excluding hydrogens is 341 g/mol. The molecule has 25 heavy (non-hydrogen) atoms. The van der Waals surface area contributed by atoms with Crippen LogP contribution in [-0.4, -0.2) is 31.5 Å². The number of hydrogen-bond donors (Lipinski definition) is 1. The standard InChI is InChI=1S/C19H22FNO3S/c1-2-23-10-11-24-13-15-4-3-5-17(12-15)21-19(22)14-25-18-8-6-16(20)7-9-18/h3-9,12H,2,10-11,13-14H2,1H3,(H,21,22). The van der Waals surface area contributed by atoms with Crippen molar-refractivity contribution in [2.24, 2.45) is 0 Å². The zero-order valence-electron chi connectivity index (χ0n) is 14.2. The third-order valence-electron chi connectivity index (χ3n) is 3.24. The van der Waals surface area contributed by atoms with E-state index in [-0.39, 0.29) is 17.5 Å². The number of carbonyl (C=O) groups is 1. The predicted molar refractivity (Wildman–Crippen MR) is 98.3 cm³/mol. The van der Waals surface area contributed by atoms with E-state index in [2.05, 4.69) is 5.32 Å². The molecule has 0 radical (unpaired) electrons. The van der Waals surface area contributed by atoms with Gasteiger partial charge in [-0.2, -0.15) is 0 Å². The summed E-state index contributed by atoms with van der Waals surface area (Å²) in [7, 11) is 0. The summed E-state index contributed by atoms with van der Waals surface area (Å²) in [5.74, 6) is -0.126. The number of ether oxygens (including phenoxy) is 2. The first-order valence-corrected chi connectivity index (χ1v) is 9.08. The number of carbonyl (C=O) groups excluding carboxylic acids is 1. The third-order valence-corrected chi connectivity index (χ3v) is 4.25. The molecule has 6 heteroatoms. The summed E-state index contributed by atoms with van der Waals surface area (Å²) < 4.78 is 23.6. The average Bonchev–Trinajstić information content (AvgIpc) is 2.61. The maximum absolute atomic E-state index is 12.9. The maximum atomic E-state index is 12.9. The summed E-state index contributed by atoms with van der Waals surface area (Å²) in [5.41, 5.74) is 1.72. The van der Waals surface area contributed by atoms with Crippen molar-refractivity contribution >= 4 is 23.4 Å². The number of hydrogen-bond acceptors (Lipinski definition) is 4. The van der Waals surface area contributed by atoms with Crippen molar-refractivity contribution in [3.8, 4) is 0 Å². The third kappa shape index (κ3) is 7.69. The fourth-order valence-electron chi connectivity index (χ4n) is 2.07. The Morgan fingerprint density at radius 2 is 1.88 bits per heavy atom. The number of halogens is 1. The molecule has 0 spiro atoms. The molecule has 1 amide bonds. The van der Waals surface area contributed by atoms with E-state index in [1.807, 2.05) is 31.2 Å². The van der Waals surface area contributed by atoms with Crippen LogP contribution in [0.3, 0.4) is 0 Å². The SMILES string of the molecule is CCOCCOCc1cccc(NC(=O)CSc2ccc(F)cc2)c1. The van der Waals surface area contributed by atoms with Crippen molar-refractivity contribution < 1.29 is 18.7 Å². The van der Waals surface area contributed by atoms with Crippen LogP contribution in [0.25, 0.3) is 0 Å². The number of rotatable bonds is 10. The second-order valence-electron chi connectivity index (χ2n) is 5.24. The summed E-state index contributed by atoms with van der Waals surface area (Å²) >= 11 is 1.36. The molecule has 0 atom stereocenters. The Morgan fingerprint density at radius 1 is 1.12 bits per heavy atom. The molecule has 4 nitrogen and oxygen atoms in total. The van der Waals surface area contributed by atoms with E-state index in [1.165, 1.54) is 23.9 Å². The van der Waals surface area contributed by atoms with Crippen LogP contribution in [0.1, 0.15) is 12.5 Å². The summed E-state index contributed by atoms with van der Waals surface area (Å²) in [5, 5.41) is 2.86. The van der Waals surface area contributed by atoms with Crippen molar-refractivity contribution in [3.05, 3.63) is 59.9 Å². The molecule has 134 valence electrons. The molecule has 0 bridgehead atoms. The van der Waals surface area contributed by atoms with E-state index in [4.69, 9.17) is 9.47 Å². The van der Waals surface area contributed by atoms with Crippen LogP contribution in [0.5, 0.6) is 0 Å². The second kappa shape index (κ2) is 10.9. The minimum absolute atomic E-state index is 0.108.